The Bertz CT molecular complexity index is 1000. The molecule has 4 aromatic rings. The van der Waals surface area contributed by atoms with E-state index in [2.05, 4.69) is 20.2 Å². The summed E-state index contributed by atoms with van der Waals surface area (Å²) in [5.74, 6) is 0.562. The molecule has 0 aliphatic rings. The van der Waals surface area contributed by atoms with Crippen molar-refractivity contribution in [1.82, 2.24) is 20.2 Å². The van der Waals surface area contributed by atoms with Crippen LogP contribution in [0.15, 0.2) is 36.4 Å². The predicted molar refractivity (Wildman–Crippen MR) is 81.7 cm³/mol. The highest BCUT2D eigenvalue weighted by Gasteiger charge is 2.10. The zero-order chi connectivity index (χ0) is 14.4. The molecule has 0 bridgehead atoms. The first-order valence-corrected chi connectivity index (χ1v) is 6.70. The van der Waals surface area contributed by atoms with E-state index in [-0.39, 0.29) is 0 Å². The summed E-state index contributed by atoms with van der Waals surface area (Å²) in [7, 11) is 1.56. The smallest absolute Gasteiger partial charge is 0.201 e. The van der Waals surface area contributed by atoms with Crippen molar-refractivity contribution < 1.29 is 4.74 Å². The molecule has 102 valence electrons. The van der Waals surface area contributed by atoms with Crippen LogP contribution in [-0.4, -0.2) is 27.3 Å². The molecular weight excluding hydrogens is 288 g/mol. The Balaban J connectivity index is 2.15. The van der Waals surface area contributed by atoms with E-state index in [0.717, 1.165) is 10.9 Å². The quantitative estimate of drug-likeness (QED) is 0.398. The van der Waals surface area contributed by atoms with Crippen molar-refractivity contribution in [2.75, 3.05) is 7.11 Å². The lowest BCUT2D eigenvalue weighted by Gasteiger charge is -2.06. The normalized spacial score (nSPS) is 11.3. The zero-order valence-corrected chi connectivity index (χ0v) is 11.8. The van der Waals surface area contributed by atoms with Crippen molar-refractivity contribution in [3.05, 3.63) is 41.4 Å². The second-order valence-electron chi connectivity index (χ2n) is 4.59. The number of ether oxygens (including phenoxy) is 1. The molecule has 2 aromatic carbocycles. The number of aromatic nitrogens is 4. The van der Waals surface area contributed by atoms with E-state index in [4.69, 9.17) is 16.3 Å². The molecule has 0 saturated heterocycles. The van der Waals surface area contributed by atoms with Crippen molar-refractivity contribution in [1.29, 1.82) is 0 Å². The van der Waals surface area contributed by atoms with Crippen LogP contribution in [0.3, 0.4) is 0 Å². The second kappa shape index (κ2) is 4.49. The molecule has 0 atom stereocenters. The number of hydrogen-bond acceptors (Lipinski definition) is 5. The van der Waals surface area contributed by atoms with Gasteiger partial charge >= 0.3 is 0 Å². The Morgan fingerprint density at radius 1 is 0.952 bits per heavy atom. The molecule has 21 heavy (non-hydrogen) atoms. The van der Waals surface area contributed by atoms with E-state index in [0.29, 0.717) is 33.0 Å². The number of halogens is 1. The van der Waals surface area contributed by atoms with Crippen molar-refractivity contribution >= 4 is 44.7 Å². The highest BCUT2D eigenvalue weighted by atomic mass is 35.5. The Hall–Kier alpha value is -2.53. The lowest BCUT2D eigenvalue weighted by Crippen LogP contribution is -1.95. The highest BCUT2D eigenvalue weighted by Crippen LogP contribution is 2.29. The summed E-state index contributed by atoms with van der Waals surface area (Å²) in [6.07, 6.45) is 0. The first-order chi connectivity index (χ1) is 10.3. The number of rotatable bonds is 1. The summed E-state index contributed by atoms with van der Waals surface area (Å²) >= 11 is 6.15. The SMILES string of the molecule is COc1cc2nc3nnc4ccccc4c3nc2cc1Cl. The van der Waals surface area contributed by atoms with E-state index < -0.39 is 0 Å². The molecule has 0 saturated carbocycles. The number of fused-ring (bicyclic) bond motifs is 4. The van der Waals surface area contributed by atoms with Gasteiger partial charge in [0.25, 0.3) is 0 Å². The molecule has 0 fully saturated rings. The van der Waals surface area contributed by atoms with Gasteiger partial charge in [0.05, 0.1) is 28.7 Å². The molecule has 0 spiro atoms. The maximum absolute atomic E-state index is 6.15. The Morgan fingerprint density at radius 2 is 1.76 bits per heavy atom. The first kappa shape index (κ1) is 12.2. The van der Waals surface area contributed by atoms with Crippen LogP contribution in [0.1, 0.15) is 0 Å². The minimum absolute atomic E-state index is 0.505. The van der Waals surface area contributed by atoms with Crippen LogP contribution in [0.2, 0.25) is 5.02 Å². The third kappa shape index (κ3) is 1.86. The van der Waals surface area contributed by atoms with Gasteiger partial charge in [-0.3, -0.25) is 0 Å². The molecule has 4 rings (SSSR count). The van der Waals surface area contributed by atoms with Crippen LogP contribution in [0.5, 0.6) is 5.75 Å². The molecule has 0 radical (unpaired) electrons. The van der Waals surface area contributed by atoms with E-state index >= 15 is 0 Å². The van der Waals surface area contributed by atoms with Crippen LogP contribution < -0.4 is 4.74 Å². The molecule has 6 heteroatoms. The number of nitrogens with zero attached hydrogens (tertiary/aromatic N) is 4. The molecule has 0 N–H and O–H groups in total. The van der Waals surface area contributed by atoms with Gasteiger partial charge in [-0.05, 0) is 12.1 Å². The fourth-order valence-corrected chi connectivity index (χ4v) is 2.55. The fraction of sp³-hybridized carbons (Fsp3) is 0.0667. The molecule has 5 nitrogen and oxygen atoms in total. The van der Waals surface area contributed by atoms with Crippen LogP contribution in [-0.2, 0) is 0 Å². The van der Waals surface area contributed by atoms with Gasteiger partial charge in [0.15, 0.2) is 0 Å². The van der Waals surface area contributed by atoms with Gasteiger partial charge in [0.2, 0.25) is 5.65 Å². The third-order valence-electron chi connectivity index (χ3n) is 3.33. The van der Waals surface area contributed by atoms with Crippen molar-refractivity contribution in [2.24, 2.45) is 0 Å². The Morgan fingerprint density at radius 3 is 2.62 bits per heavy atom. The van der Waals surface area contributed by atoms with Crippen molar-refractivity contribution in [3.8, 4) is 5.75 Å². The van der Waals surface area contributed by atoms with Crippen LogP contribution in [0, 0.1) is 0 Å². The fourth-order valence-electron chi connectivity index (χ4n) is 2.32. The zero-order valence-electron chi connectivity index (χ0n) is 11.0. The maximum Gasteiger partial charge on any atom is 0.201 e. The van der Waals surface area contributed by atoms with E-state index in [9.17, 15) is 0 Å². The summed E-state index contributed by atoms with van der Waals surface area (Å²) < 4.78 is 5.20. The molecule has 0 aliphatic carbocycles. The third-order valence-corrected chi connectivity index (χ3v) is 3.63. The van der Waals surface area contributed by atoms with Crippen molar-refractivity contribution in [2.45, 2.75) is 0 Å². The Kier molecular flexibility index (Phi) is 2.62. The second-order valence-corrected chi connectivity index (χ2v) is 5.00. The van der Waals surface area contributed by atoms with Crippen molar-refractivity contribution in [3.63, 3.8) is 0 Å². The van der Waals surface area contributed by atoms with E-state index in [1.54, 1.807) is 19.2 Å². The molecule has 2 aromatic heterocycles. The average molecular weight is 297 g/mol. The largest absolute Gasteiger partial charge is 0.495 e. The van der Waals surface area contributed by atoms with Gasteiger partial charge in [-0.25, -0.2) is 9.97 Å². The van der Waals surface area contributed by atoms with Crippen LogP contribution in [0.25, 0.3) is 33.1 Å². The van der Waals surface area contributed by atoms with Gasteiger partial charge in [0, 0.05) is 11.5 Å². The van der Waals surface area contributed by atoms with E-state index in [1.807, 2.05) is 24.3 Å². The molecular formula is C15H9ClN4O. The van der Waals surface area contributed by atoms with Gasteiger partial charge in [-0.1, -0.05) is 29.8 Å². The number of hydrogen-bond donors (Lipinski definition) is 0. The summed E-state index contributed by atoms with van der Waals surface area (Å²) in [6.45, 7) is 0. The summed E-state index contributed by atoms with van der Waals surface area (Å²) in [5.41, 5.74) is 3.39. The Labute approximate surface area is 124 Å². The number of benzene rings is 2. The standard InChI is InChI=1S/C15H9ClN4O/c1-21-13-7-12-11(6-9(13)16)17-14-8-4-2-3-5-10(8)19-20-15(14)18-12/h2-7H,1H3. The van der Waals surface area contributed by atoms with Crippen LogP contribution >= 0.6 is 11.6 Å². The van der Waals surface area contributed by atoms with Crippen LogP contribution in [0.4, 0.5) is 0 Å². The molecule has 0 unspecified atom stereocenters. The molecule has 0 amide bonds. The minimum Gasteiger partial charge on any atom is -0.495 e. The van der Waals surface area contributed by atoms with Gasteiger partial charge in [-0.2, -0.15) is 0 Å². The van der Waals surface area contributed by atoms with Gasteiger partial charge < -0.3 is 4.74 Å². The summed E-state index contributed by atoms with van der Waals surface area (Å²) in [5, 5.41) is 9.73. The maximum atomic E-state index is 6.15. The van der Waals surface area contributed by atoms with E-state index in [1.165, 1.54) is 0 Å². The topological polar surface area (TPSA) is 60.8 Å². The lowest BCUT2D eigenvalue weighted by molar-refractivity contribution is 0.415. The number of methoxy groups -OCH3 is 1. The highest BCUT2D eigenvalue weighted by molar-refractivity contribution is 6.32. The summed E-state index contributed by atoms with van der Waals surface area (Å²) in [6, 6.07) is 11.2. The lowest BCUT2D eigenvalue weighted by atomic mass is 10.2. The molecule has 0 aliphatic heterocycles. The van der Waals surface area contributed by atoms with Gasteiger partial charge in [0.1, 0.15) is 11.3 Å². The molecule has 2 heterocycles. The summed E-state index contributed by atoms with van der Waals surface area (Å²) in [4.78, 5) is 9.14. The van der Waals surface area contributed by atoms with Gasteiger partial charge in [-0.15, -0.1) is 10.2 Å². The predicted octanol–water partition coefficient (Wildman–Crippen LogP) is 3.39. The minimum atomic E-state index is 0.505. The monoisotopic (exact) mass is 296 g/mol. The average Bonchev–Trinajstić information content (AvgIpc) is 2.52. The first-order valence-electron chi connectivity index (χ1n) is 6.33.